The summed E-state index contributed by atoms with van der Waals surface area (Å²) in [5.41, 5.74) is 1.76. The Hall–Kier alpha value is -0.390. The first-order chi connectivity index (χ1) is 8.93. The monoisotopic (exact) mass is 345 g/mol. The van der Waals surface area contributed by atoms with Crippen LogP contribution in [0.4, 0.5) is 0 Å². The minimum atomic E-state index is -3.34. The van der Waals surface area contributed by atoms with Gasteiger partial charge in [-0.3, -0.25) is 0 Å². The summed E-state index contributed by atoms with van der Waals surface area (Å²) in [4.78, 5) is 0.454. The average Bonchev–Trinajstić information content (AvgIpc) is 2.62. The van der Waals surface area contributed by atoms with Gasteiger partial charge in [0.1, 0.15) is 0 Å². The molecule has 2 rings (SSSR count). The molecule has 0 unspecified atom stereocenters. The fourth-order valence-corrected chi connectivity index (χ4v) is 4.72. The lowest BCUT2D eigenvalue weighted by Crippen LogP contribution is -2.32. The van der Waals surface area contributed by atoms with Crippen LogP contribution in [0.3, 0.4) is 0 Å². The van der Waals surface area contributed by atoms with Gasteiger partial charge in [-0.1, -0.05) is 28.8 Å². The van der Waals surface area contributed by atoms with Crippen LogP contribution in [-0.4, -0.2) is 25.8 Å². The van der Waals surface area contributed by atoms with Gasteiger partial charge in [-0.2, -0.15) is 4.31 Å². The first kappa shape index (κ1) is 15.0. The van der Waals surface area contributed by atoms with Crippen molar-refractivity contribution in [2.24, 2.45) is 0 Å². The maximum atomic E-state index is 12.7. The summed E-state index contributed by atoms with van der Waals surface area (Å²) in [6, 6.07) is 3.67. The number of nitrogens with zero attached hydrogens (tertiary/aromatic N) is 1. The van der Waals surface area contributed by atoms with E-state index in [2.05, 4.69) is 15.9 Å². The van der Waals surface area contributed by atoms with Crippen molar-refractivity contribution in [3.05, 3.63) is 27.7 Å². The molecule has 0 spiro atoms. The molecule has 0 aliphatic carbocycles. The van der Waals surface area contributed by atoms with Gasteiger partial charge in [-0.05, 0) is 49.9 Å². The quantitative estimate of drug-likeness (QED) is 0.820. The van der Waals surface area contributed by atoms with Crippen LogP contribution in [0.5, 0.6) is 0 Å². The van der Waals surface area contributed by atoms with Crippen LogP contribution in [0.2, 0.25) is 0 Å². The van der Waals surface area contributed by atoms with Crippen LogP contribution in [0.1, 0.15) is 36.8 Å². The summed E-state index contributed by atoms with van der Waals surface area (Å²) in [5, 5.41) is 0. The molecule has 0 amide bonds. The second-order valence-corrected chi connectivity index (χ2v) is 7.95. The van der Waals surface area contributed by atoms with E-state index in [-0.39, 0.29) is 0 Å². The van der Waals surface area contributed by atoms with Crippen molar-refractivity contribution in [1.82, 2.24) is 4.31 Å². The molecule has 1 saturated heterocycles. The average molecular weight is 346 g/mol. The molecule has 0 saturated carbocycles. The number of benzene rings is 1. The second-order valence-electron chi connectivity index (χ2n) is 5.19. The first-order valence-corrected chi connectivity index (χ1v) is 8.93. The minimum Gasteiger partial charge on any atom is -0.207 e. The normalized spacial score (nSPS) is 18.3. The van der Waals surface area contributed by atoms with Crippen LogP contribution in [0, 0.1) is 13.8 Å². The van der Waals surface area contributed by atoms with Crippen molar-refractivity contribution < 1.29 is 8.42 Å². The molecule has 1 aliphatic rings. The van der Waals surface area contributed by atoms with E-state index in [1.165, 1.54) is 0 Å². The molecule has 1 aliphatic heterocycles. The van der Waals surface area contributed by atoms with E-state index in [9.17, 15) is 8.42 Å². The van der Waals surface area contributed by atoms with E-state index in [1.54, 1.807) is 10.4 Å². The number of rotatable bonds is 2. The zero-order valence-corrected chi connectivity index (χ0v) is 13.8. The zero-order valence-electron chi connectivity index (χ0n) is 11.4. The van der Waals surface area contributed by atoms with Gasteiger partial charge in [-0.15, -0.1) is 0 Å². The Kier molecular flexibility index (Phi) is 4.69. The third-order valence-electron chi connectivity index (χ3n) is 3.64. The Bertz CT molecular complexity index is 561. The molecule has 19 heavy (non-hydrogen) atoms. The fraction of sp³-hybridized carbons (Fsp3) is 0.571. The summed E-state index contributed by atoms with van der Waals surface area (Å²) in [6.07, 6.45) is 4.19. The minimum absolute atomic E-state index is 0.454. The van der Waals surface area contributed by atoms with E-state index >= 15 is 0 Å². The Morgan fingerprint density at radius 1 is 1.00 bits per heavy atom. The van der Waals surface area contributed by atoms with Crippen molar-refractivity contribution in [3.8, 4) is 0 Å². The molecule has 1 fully saturated rings. The highest BCUT2D eigenvalue weighted by atomic mass is 79.9. The van der Waals surface area contributed by atoms with E-state index in [0.717, 1.165) is 41.3 Å². The predicted molar refractivity (Wildman–Crippen MR) is 80.8 cm³/mol. The fourth-order valence-electron chi connectivity index (χ4n) is 2.45. The lowest BCUT2D eigenvalue weighted by molar-refractivity contribution is 0.423. The van der Waals surface area contributed by atoms with E-state index < -0.39 is 10.0 Å². The number of hydrogen-bond acceptors (Lipinski definition) is 2. The molecule has 1 aromatic carbocycles. The summed E-state index contributed by atoms with van der Waals surface area (Å²) in [5.74, 6) is 0. The third-order valence-corrected chi connectivity index (χ3v) is 6.53. The Labute approximate surface area is 124 Å². The van der Waals surface area contributed by atoms with Gasteiger partial charge in [0.05, 0.1) is 4.90 Å². The summed E-state index contributed by atoms with van der Waals surface area (Å²) >= 11 is 3.45. The molecule has 1 heterocycles. The van der Waals surface area contributed by atoms with Crippen LogP contribution in [-0.2, 0) is 10.0 Å². The number of hydrogen-bond donors (Lipinski definition) is 0. The van der Waals surface area contributed by atoms with Crippen LogP contribution in [0.15, 0.2) is 21.5 Å². The van der Waals surface area contributed by atoms with Crippen molar-refractivity contribution >= 4 is 26.0 Å². The molecule has 106 valence electrons. The smallest absolute Gasteiger partial charge is 0.207 e. The molecular weight excluding hydrogens is 326 g/mol. The molecule has 1 aromatic rings. The summed E-state index contributed by atoms with van der Waals surface area (Å²) in [6.45, 7) is 5.08. The standard InChI is InChI=1S/C14H20BrNO2S/c1-11-10-14(12(2)9-13(11)15)19(17,18)16-7-5-3-4-6-8-16/h9-10H,3-8H2,1-2H3. The number of halogens is 1. The lowest BCUT2D eigenvalue weighted by Gasteiger charge is -2.21. The van der Waals surface area contributed by atoms with Gasteiger partial charge in [0.15, 0.2) is 0 Å². The molecule has 3 nitrogen and oxygen atoms in total. The zero-order chi connectivity index (χ0) is 14.0. The SMILES string of the molecule is Cc1cc(S(=O)(=O)N2CCCCCC2)c(C)cc1Br. The molecule has 5 heteroatoms. The number of aryl methyl sites for hydroxylation is 2. The summed E-state index contributed by atoms with van der Waals surface area (Å²) in [7, 11) is -3.34. The maximum absolute atomic E-state index is 12.7. The topological polar surface area (TPSA) is 37.4 Å². The molecule has 0 N–H and O–H groups in total. The van der Waals surface area contributed by atoms with E-state index in [0.29, 0.717) is 18.0 Å². The van der Waals surface area contributed by atoms with Crippen molar-refractivity contribution in [2.45, 2.75) is 44.4 Å². The summed E-state index contributed by atoms with van der Waals surface area (Å²) < 4.78 is 28.1. The predicted octanol–water partition coefficient (Wildman–Crippen LogP) is 3.63. The highest BCUT2D eigenvalue weighted by Crippen LogP contribution is 2.27. The molecule has 0 radical (unpaired) electrons. The highest BCUT2D eigenvalue weighted by Gasteiger charge is 2.26. The van der Waals surface area contributed by atoms with Gasteiger partial charge in [0, 0.05) is 17.6 Å². The highest BCUT2D eigenvalue weighted by molar-refractivity contribution is 9.10. The molecular formula is C14H20BrNO2S. The van der Waals surface area contributed by atoms with Crippen molar-refractivity contribution in [1.29, 1.82) is 0 Å². The van der Waals surface area contributed by atoms with Gasteiger partial charge < -0.3 is 0 Å². The molecule has 0 bridgehead atoms. The van der Waals surface area contributed by atoms with E-state index in [4.69, 9.17) is 0 Å². The van der Waals surface area contributed by atoms with Gasteiger partial charge >= 0.3 is 0 Å². The Morgan fingerprint density at radius 2 is 1.58 bits per heavy atom. The molecule has 0 atom stereocenters. The third kappa shape index (κ3) is 3.20. The Balaban J connectivity index is 2.41. The van der Waals surface area contributed by atoms with Crippen molar-refractivity contribution in [3.63, 3.8) is 0 Å². The van der Waals surface area contributed by atoms with Crippen LogP contribution < -0.4 is 0 Å². The van der Waals surface area contributed by atoms with Gasteiger partial charge in [0.25, 0.3) is 0 Å². The van der Waals surface area contributed by atoms with Crippen molar-refractivity contribution in [2.75, 3.05) is 13.1 Å². The van der Waals surface area contributed by atoms with E-state index in [1.807, 2.05) is 19.9 Å². The lowest BCUT2D eigenvalue weighted by atomic mass is 10.2. The molecule has 0 aromatic heterocycles. The maximum Gasteiger partial charge on any atom is 0.243 e. The largest absolute Gasteiger partial charge is 0.243 e. The van der Waals surface area contributed by atoms with Gasteiger partial charge in [-0.25, -0.2) is 8.42 Å². The van der Waals surface area contributed by atoms with Crippen LogP contribution >= 0.6 is 15.9 Å². The first-order valence-electron chi connectivity index (χ1n) is 6.70. The Morgan fingerprint density at radius 3 is 2.16 bits per heavy atom. The van der Waals surface area contributed by atoms with Gasteiger partial charge in [0.2, 0.25) is 10.0 Å². The van der Waals surface area contributed by atoms with Crippen LogP contribution in [0.25, 0.3) is 0 Å². The second kappa shape index (κ2) is 5.94. The number of sulfonamides is 1.